The number of carbonyl (C=O) groups is 2. The van der Waals surface area contributed by atoms with Gasteiger partial charge in [0.15, 0.2) is 0 Å². The smallest absolute Gasteiger partial charge is 0.251 e. The first kappa shape index (κ1) is 20.4. The quantitative estimate of drug-likeness (QED) is 0.834. The lowest BCUT2D eigenvalue weighted by Crippen LogP contribution is -2.48. The third-order valence-corrected chi connectivity index (χ3v) is 5.75. The van der Waals surface area contributed by atoms with Crippen molar-refractivity contribution in [2.75, 3.05) is 13.1 Å². The highest BCUT2D eigenvalue weighted by molar-refractivity contribution is 6.31. The van der Waals surface area contributed by atoms with Gasteiger partial charge in [0.25, 0.3) is 5.91 Å². The summed E-state index contributed by atoms with van der Waals surface area (Å²) in [7, 11) is 0. The van der Waals surface area contributed by atoms with E-state index < -0.39 is 6.04 Å². The van der Waals surface area contributed by atoms with E-state index in [1.807, 2.05) is 41.6 Å². The second-order valence-electron chi connectivity index (χ2n) is 7.42. The van der Waals surface area contributed by atoms with E-state index in [-0.39, 0.29) is 11.8 Å². The Morgan fingerprint density at radius 3 is 2.57 bits per heavy atom. The topological polar surface area (TPSA) is 67.2 Å². The zero-order valence-electron chi connectivity index (χ0n) is 16.7. The lowest BCUT2D eigenvalue weighted by Gasteiger charge is -2.29. The number of aryl methyl sites for hydroxylation is 1. The van der Waals surface area contributed by atoms with E-state index in [0.717, 1.165) is 49.3 Å². The normalized spacial score (nSPS) is 15.4. The molecule has 1 aromatic carbocycles. The first-order chi connectivity index (χ1) is 13.4. The molecule has 0 saturated carbocycles. The number of nitrogens with one attached hydrogen (secondary N) is 1. The molecular weight excluding hydrogens is 376 g/mol. The summed E-state index contributed by atoms with van der Waals surface area (Å²) in [6.45, 7) is 7.63. The Morgan fingerprint density at radius 2 is 1.93 bits per heavy atom. The number of carbonyl (C=O) groups excluding carboxylic acids is 2. The van der Waals surface area contributed by atoms with Crippen LogP contribution in [0.4, 0.5) is 0 Å². The van der Waals surface area contributed by atoms with Crippen molar-refractivity contribution in [1.29, 1.82) is 0 Å². The van der Waals surface area contributed by atoms with Crippen molar-refractivity contribution in [2.24, 2.45) is 0 Å². The molecule has 1 fully saturated rings. The second kappa shape index (κ2) is 8.78. The Balaban J connectivity index is 1.66. The Bertz CT molecular complexity index is 871. The molecular formula is C21H27ClN4O2. The van der Waals surface area contributed by atoms with Gasteiger partial charge >= 0.3 is 0 Å². The van der Waals surface area contributed by atoms with Gasteiger partial charge in [-0.1, -0.05) is 23.7 Å². The van der Waals surface area contributed by atoms with Crippen molar-refractivity contribution in [2.45, 2.75) is 52.6 Å². The fraction of sp³-hybridized carbons (Fsp3) is 0.476. The summed E-state index contributed by atoms with van der Waals surface area (Å²) < 4.78 is 1.83. The molecule has 0 bridgehead atoms. The van der Waals surface area contributed by atoms with Gasteiger partial charge in [0.2, 0.25) is 5.91 Å². The van der Waals surface area contributed by atoms with E-state index in [1.54, 1.807) is 13.0 Å². The van der Waals surface area contributed by atoms with Crippen LogP contribution in [0.2, 0.25) is 5.02 Å². The van der Waals surface area contributed by atoms with Gasteiger partial charge in [-0.2, -0.15) is 5.10 Å². The lowest BCUT2D eigenvalue weighted by molar-refractivity contribution is -0.133. The highest BCUT2D eigenvalue weighted by Gasteiger charge is 2.23. The third kappa shape index (κ3) is 4.55. The molecule has 7 heteroatoms. The van der Waals surface area contributed by atoms with Gasteiger partial charge in [-0.3, -0.25) is 14.3 Å². The number of nitrogens with zero attached hydrogens (tertiary/aromatic N) is 3. The molecule has 150 valence electrons. The summed E-state index contributed by atoms with van der Waals surface area (Å²) >= 11 is 6.21. The van der Waals surface area contributed by atoms with Gasteiger partial charge < -0.3 is 10.2 Å². The van der Waals surface area contributed by atoms with Crippen molar-refractivity contribution in [3.63, 3.8) is 0 Å². The number of hydrogen-bond donors (Lipinski definition) is 1. The number of amides is 2. The molecule has 3 rings (SSSR count). The summed E-state index contributed by atoms with van der Waals surface area (Å²) in [5.74, 6) is -0.257. The number of piperidine rings is 1. The first-order valence-electron chi connectivity index (χ1n) is 9.75. The molecule has 1 aliphatic rings. The Labute approximate surface area is 170 Å². The van der Waals surface area contributed by atoms with E-state index in [2.05, 4.69) is 10.4 Å². The monoisotopic (exact) mass is 402 g/mol. The molecule has 1 atom stereocenters. The van der Waals surface area contributed by atoms with Gasteiger partial charge in [0.05, 0.1) is 23.0 Å². The minimum Gasteiger partial charge on any atom is -0.341 e. The SMILES string of the molecule is Cc1nn(Cc2cccc(C(=O)NC(C)C(=O)N3CCCCC3)c2)c(C)c1Cl. The maximum absolute atomic E-state index is 12.6. The second-order valence-corrected chi connectivity index (χ2v) is 7.80. The Kier molecular flexibility index (Phi) is 6.39. The third-order valence-electron chi connectivity index (χ3n) is 5.20. The van der Waals surface area contributed by atoms with Crippen LogP contribution in [0.3, 0.4) is 0 Å². The Hall–Kier alpha value is -2.34. The van der Waals surface area contributed by atoms with Gasteiger partial charge in [-0.05, 0) is 57.7 Å². The van der Waals surface area contributed by atoms with Crippen LogP contribution in [0.25, 0.3) is 0 Å². The van der Waals surface area contributed by atoms with E-state index in [4.69, 9.17) is 11.6 Å². The summed E-state index contributed by atoms with van der Waals surface area (Å²) in [6, 6.07) is 6.84. The van der Waals surface area contributed by atoms with Crippen molar-refractivity contribution in [1.82, 2.24) is 20.0 Å². The number of rotatable bonds is 5. The number of aromatic nitrogens is 2. The van der Waals surface area contributed by atoms with Gasteiger partial charge in [0.1, 0.15) is 6.04 Å². The lowest BCUT2D eigenvalue weighted by atomic mass is 10.1. The molecule has 1 aliphatic heterocycles. The van der Waals surface area contributed by atoms with Crippen molar-refractivity contribution in [3.8, 4) is 0 Å². The van der Waals surface area contributed by atoms with E-state index >= 15 is 0 Å². The van der Waals surface area contributed by atoms with Crippen molar-refractivity contribution >= 4 is 23.4 Å². The summed E-state index contributed by atoms with van der Waals surface area (Å²) in [6.07, 6.45) is 3.23. The number of halogens is 1. The van der Waals surface area contributed by atoms with Crippen LogP contribution in [-0.2, 0) is 11.3 Å². The van der Waals surface area contributed by atoms with Gasteiger partial charge in [-0.25, -0.2) is 0 Å². The molecule has 0 spiro atoms. The molecule has 28 heavy (non-hydrogen) atoms. The van der Waals surface area contributed by atoms with Crippen molar-refractivity contribution < 1.29 is 9.59 Å². The number of hydrogen-bond acceptors (Lipinski definition) is 3. The predicted molar refractivity (Wildman–Crippen MR) is 110 cm³/mol. The van der Waals surface area contributed by atoms with Crippen LogP contribution in [0.15, 0.2) is 24.3 Å². The molecule has 0 aliphatic carbocycles. The van der Waals surface area contributed by atoms with Crippen LogP contribution < -0.4 is 5.32 Å². The average molecular weight is 403 g/mol. The summed E-state index contributed by atoms with van der Waals surface area (Å²) in [5, 5.41) is 7.94. The summed E-state index contributed by atoms with van der Waals surface area (Å²) in [4.78, 5) is 27.0. The molecule has 6 nitrogen and oxygen atoms in total. The predicted octanol–water partition coefficient (Wildman–Crippen LogP) is 3.33. The zero-order valence-corrected chi connectivity index (χ0v) is 17.4. The molecule has 2 aromatic rings. The number of benzene rings is 1. The highest BCUT2D eigenvalue weighted by Crippen LogP contribution is 2.20. The molecule has 1 unspecified atom stereocenters. The molecule has 1 aromatic heterocycles. The fourth-order valence-electron chi connectivity index (χ4n) is 3.54. The summed E-state index contributed by atoms with van der Waals surface area (Å²) in [5.41, 5.74) is 3.17. The zero-order chi connectivity index (χ0) is 20.3. The van der Waals surface area contributed by atoms with Crippen LogP contribution in [0, 0.1) is 13.8 Å². The van der Waals surface area contributed by atoms with E-state index in [0.29, 0.717) is 17.1 Å². The molecule has 0 radical (unpaired) electrons. The minimum atomic E-state index is -0.538. The Morgan fingerprint density at radius 1 is 1.21 bits per heavy atom. The maximum Gasteiger partial charge on any atom is 0.251 e. The molecule has 2 heterocycles. The van der Waals surface area contributed by atoms with Crippen molar-refractivity contribution in [3.05, 3.63) is 51.8 Å². The van der Waals surface area contributed by atoms with Crippen LogP contribution in [-0.4, -0.2) is 45.6 Å². The highest BCUT2D eigenvalue weighted by atomic mass is 35.5. The van der Waals surface area contributed by atoms with Gasteiger partial charge in [-0.15, -0.1) is 0 Å². The molecule has 1 N–H and O–H groups in total. The molecule has 2 amide bonds. The van der Waals surface area contributed by atoms with Gasteiger partial charge in [0, 0.05) is 18.7 Å². The van der Waals surface area contributed by atoms with Crippen LogP contribution in [0.1, 0.15) is 53.5 Å². The molecule has 1 saturated heterocycles. The number of likely N-dealkylation sites (tertiary alicyclic amines) is 1. The fourth-order valence-corrected chi connectivity index (χ4v) is 3.68. The van der Waals surface area contributed by atoms with E-state index in [9.17, 15) is 9.59 Å². The maximum atomic E-state index is 12.6. The van der Waals surface area contributed by atoms with Crippen LogP contribution >= 0.6 is 11.6 Å². The standard InChI is InChI=1S/C21H27ClN4O2/c1-14-19(22)16(3)26(24-14)13-17-8-7-9-18(12-17)20(27)23-15(2)21(28)25-10-5-4-6-11-25/h7-9,12,15H,4-6,10-11,13H2,1-3H3,(H,23,27). The van der Waals surface area contributed by atoms with E-state index in [1.165, 1.54) is 0 Å². The largest absolute Gasteiger partial charge is 0.341 e. The average Bonchev–Trinajstić information content (AvgIpc) is 2.94. The first-order valence-corrected chi connectivity index (χ1v) is 10.1. The minimum absolute atomic E-state index is 0.0125. The van der Waals surface area contributed by atoms with Crippen LogP contribution in [0.5, 0.6) is 0 Å².